The van der Waals surface area contributed by atoms with Crippen LogP contribution in [0.3, 0.4) is 0 Å². The molecule has 6 nitrogen and oxygen atoms in total. The van der Waals surface area contributed by atoms with E-state index in [9.17, 15) is 4.79 Å². The average molecular weight is 361 g/mol. The van der Waals surface area contributed by atoms with Crippen LogP contribution in [0.25, 0.3) is 0 Å². The van der Waals surface area contributed by atoms with Crippen molar-refractivity contribution in [2.75, 3.05) is 10.6 Å². The summed E-state index contributed by atoms with van der Waals surface area (Å²) in [6.45, 7) is 6.75. The number of amides is 1. The fourth-order valence-corrected chi connectivity index (χ4v) is 2.55. The molecular weight excluding hydrogens is 338 g/mol. The second kappa shape index (κ2) is 8.40. The number of anilines is 2. The summed E-state index contributed by atoms with van der Waals surface area (Å²) in [4.78, 5) is 25.2. The maximum atomic E-state index is 12.3. The van der Waals surface area contributed by atoms with E-state index in [0.717, 1.165) is 28.6 Å². The van der Waals surface area contributed by atoms with Gasteiger partial charge in [0.15, 0.2) is 0 Å². The highest BCUT2D eigenvalue weighted by Crippen LogP contribution is 2.15. The molecule has 0 aliphatic carbocycles. The lowest BCUT2D eigenvalue weighted by Crippen LogP contribution is -2.12. The smallest absolute Gasteiger partial charge is 0.255 e. The minimum absolute atomic E-state index is 0.145. The lowest BCUT2D eigenvalue weighted by molar-refractivity contribution is 0.102. The number of rotatable bonds is 6. The van der Waals surface area contributed by atoms with Crippen LogP contribution in [0.5, 0.6) is 0 Å². The second-order valence-corrected chi connectivity index (χ2v) is 6.65. The summed E-state index contributed by atoms with van der Waals surface area (Å²) in [7, 11) is 0. The van der Waals surface area contributed by atoms with Gasteiger partial charge in [-0.1, -0.05) is 26.0 Å². The molecular formula is C21H23N5O. The van der Waals surface area contributed by atoms with E-state index in [-0.39, 0.29) is 11.8 Å². The number of hydrogen-bond donors (Lipinski definition) is 2. The Kier molecular flexibility index (Phi) is 5.76. The summed E-state index contributed by atoms with van der Waals surface area (Å²) in [5.74, 6) is 1.78. The molecule has 1 amide bonds. The lowest BCUT2D eigenvalue weighted by Gasteiger charge is -2.11. The van der Waals surface area contributed by atoms with E-state index in [0.29, 0.717) is 12.1 Å². The number of nitrogens with one attached hydrogen (secondary N) is 2. The zero-order valence-corrected chi connectivity index (χ0v) is 15.7. The van der Waals surface area contributed by atoms with Crippen LogP contribution in [0.2, 0.25) is 0 Å². The third kappa shape index (κ3) is 5.10. The Hall–Kier alpha value is -3.28. The van der Waals surface area contributed by atoms with Gasteiger partial charge in [0, 0.05) is 47.9 Å². The minimum atomic E-state index is -0.145. The average Bonchev–Trinajstić information content (AvgIpc) is 2.67. The van der Waals surface area contributed by atoms with E-state index in [4.69, 9.17) is 0 Å². The largest absolute Gasteiger partial charge is 0.366 e. The van der Waals surface area contributed by atoms with Gasteiger partial charge in [0.05, 0.1) is 0 Å². The Labute approximate surface area is 159 Å². The van der Waals surface area contributed by atoms with Gasteiger partial charge in [-0.05, 0) is 36.8 Å². The number of carbonyl (C=O) groups is 1. The van der Waals surface area contributed by atoms with E-state index < -0.39 is 0 Å². The van der Waals surface area contributed by atoms with E-state index in [1.54, 1.807) is 24.5 Å². The predicted octanol–water partition coefficient (Wildman–Crippen LogP) is 4.17. The summed E-state index contributed by atoms with van der Waals surface area (Å²) in [6.07, 6.45) is 3.29. The lowest BCUT2D eigenvalue weighted by atomic mass is 10.1. The molecule has 0 fully saturated rings. The molecule has 2 heterocycles. The molecule has 6 heteroatoms. The molecule has 2 aromatic heterocycles. The van der Waals surface area contributed by atoms with Gasteiger partial charge < -0.3 is 10.6 Å². The van der Waals surface area contributed by atoms with Crippen LogP contribution >= 0.6 is 0 Å². The van der Waals surface area contributed by atoms with Crippen LogP contribution in [-0.2, 0) is 6.54 Å². The van der Waals surface area contributed by atoms with Crippen molar-refractivity contribution < 1.29 is 4.79 Å². The second-order valence-electron chi connectivity index (χ2n) is 6.65. The number of benzene rings is 1. The van der Waals surface area contributed by atoms with Crippen LogP contribution in [0.15, 0.2) is 54.9 Å². The molecule has 0 bridgehead atoms. The first kappa shape index (κ1) is 18.5. The molecule has 0 aliphatic heterocycles. The fraction of sp³-hybridized carbons (Fsp3) is 0.238. The molecule has 3 aromatic rings. The highest BCUT2D eigenvalue weighted by Gasteiger charge is 2.08. The van der Waals surface area contributed by atoms with Crippen molar-refractivity contribution in [1.29, 1.82) is 0 Å². The maximum Gasteiger partial charge on any atom is 0.255 e. The molecule has 0 spiro atoms. The quantitative estimate of drug-likeness (QED) is 0.689. The third-order valence-corrected chi connectivity index (χ3v) is 4.02. The van der Waals surface area contributed by atoms with E-state index in [2.05, 4.69) is 39.4 Å². The normalized spacial score (nSPS) is 10.7. The maximum absolute atomic E-state index is 12.3. The number of hydrogen-bond acceptors (Lipinski definition) is 5. The Morgan fingerprint density at radius 1 is 1.04 bits per heavy atom. The van der Waals surface area contributed by atoms with Crippen molar-refractivity contribution in [3.05, 3.63) is 77.5 Å². The van der Waals surface area contributed by atoms with Crippen molar-refractivity contribution in [1.82, 2.24) is 15.0 Å². The number of aryl methyl sites for hydroxylation is 1. The van der Waals surface area contributed by atoms with Gasteiger partial charge in [0.25, 0.3) is 5.91 Å². The molecule has 27 heavy (non-hydrogen) atoms. The Balaban J connectivity index is 1.62. The van der Waals surface area contributed by atoms with Gasteiger partial charge in [-0.3, -0.25) is 9.78 Å². The molecule has 0 atom stereocenters. The molecule has 2 N–H and O–H groups in total. The summed E-state index contributed by atoms with van der Waals surface area (Å²) >= 11 is 0. The number of carbonyl (C=O) groups excluding carboxylic acids is 1. The fourth-order valence-electron chi connectivity index (χ4n) is 2.55. The van der Waals surface area contributed by atoms with Gasteiger partial charge in [-0.2, -0.15) is 0 Å². The van der Waals surface area contributed by atoms with Gasteiger partial charge in [-0.25, -0.2) is 9.97 Å². The predicted molar refractivity (Wildman–Crippen MR) is 107 cm³/mol. The van der Waals surface area contributed by atoms with Crippen molar-refractivity contribution in [2.24, 2.45) is 0 Å². The van der Waals surface area contributed by atoms with Crippen LogP contribution in [0, 0.1) is 6.92 Å². The van der Waals surface area contributed by atoms with Gasteiger partial charge in [-0.15, -0.1) is 0 Å². The monoisotopic (exact) mass is 361 g/mol. The SMILES string of the molecule is Cc1cc(NCc2ccc(C(=O)Nc3ccncc3)cc2)nc(C(C)C)n1. The molecule has 0 radical (unpaired) electrons. The summed E-state index contributed by atoms with van der Waals surface area (Å²) in [6, 6.07) is 13.0. The van der Waals surface area contributed by atoms with E-state index in [1.165, 1.54) is 0 Å². The van der Waals surface area contributed by atoms with Gasteiger partial charge in [0.2, 0.25) is 0 Å². The highest BCUT2D eigenvalue weighted by atomic mass is 16.1. The van der Waals surface area contributed by atoms with Crippen LogP contribution < -0.4 is 10.6 Å². The molecule has 0 saturated heterocycles. The van der Waals surface area contributed by atoms with E-state index in [1.807, 2.05) is 37.3 Å². The first-order valence-electron chi connectivity index (χ1n) is 8.91. The van der Waals surface area contributed by atoms with Crippen molar-refractivity contribution in [3.8, 4) is 0 Å². The van der Waals surface area contributed by atoms with Crippen LogP contribution in [-0.4, -0.2) is 20.9 Å². The zero-order chi connectivity index (χ0) is 19.2. The van der Waals surface area contributed by atoms with E-state index >= 15 is 0 Å². The Morgan fingerprint density at radius 3 is 2.41 bits per heavy atom. The first-order chi connectivity index (χ1) is 13.0. The number of nitrogens with zero attached hydrogens (tertiary/aromatic N) is 3. The van der Waals surface area contributed by atoms with Crippen molar-refractivity contribution in [2.45, 2.75) is 33.2 Å². The zero-order valence-electron chi connectivity index (χ0n) is 15.7. The van der Waals surface area contributed by atoms with Crippen molar-refractivity contribution in [3.63, 3.8) is 0 Å². The summed E-state index contributed by atoms with van der Waals surface area (Å²) in [5.41, 5.74) is 3.34. The molecule has 3 rings (SSSR count). The Bertz CT molecular complexity index is 908. The molecule has 1 aromatic carbocycles. The number of pyridine rings is 1. The molecule has 138 valence electrons. The number of aromatic nitrogens is 3. The summed E-state index contributed by atoms with van der Waals surface area (Å²) in [5, 5.41) is 6.17. The minimum Gasteiger partial charge on any atom is -0.366 e. The molecule has 0 aliphatic rings. The van der Waals surface area contributed by atoms with Crippen LogP contribution in [0.4, 0.5) is 11.5 Å². The van der Waals surface area contributed by atoms with Gasteiger partial charge in [0.1, 0.15) is 11.6 Å². The first-order valence-corrected chi connectivity index (χ1v) is 8.91. The van der Waals surface area contributed by atoms with Crippen molar-refractivity contribution >= 4 is 17.4 Å². The summed E-state index contributed by atoms with van der Waals surface area (Å²) < 4.78 is 0. The topological polar surface area (TPSA) is 79.8 Å². The molecule has 0 unspecified atom stereocenters. The molecule has 0 saturated carbocycles. The Morgan fingerprint density at radius 2 is 1.74 bits per heavy atom. The standard InChI is InChI=1S/C21H23N5O/c1-14(2)20-24-15(3)12-19(26-20)23-13-16-4-6-17(7-5-16)21(27)25-18-8-10-22-11-9-18/h4-12,14H,13H2,1-3H3,(H,22,25,27)(H,23,24,26). The van der Waals surface area contributed by atoms with Gasteiger partial charge >= 0.3 is 0 Å². The highest BCUT2D eigenvalue weighted by molar-refractivity contribution is 6.04. The third-order valence-electron chi connectivity index (χ3n) is 4.02. The van der Waals surface area contributed by atoms with Crippen LogP contribution in [0.1, 0.15) is 47.2 Å².